The van der Waals surface area contributed by atoms with Gasteiger partial charge in [-0.2, -0.15) is 0 Å². The van der Waals surface area contributed by atoms with Crippen molar-refractivity contribution in [1.82, 2.24) is 5.27 Å². The number of aromatic amines is 1. The molecule has 146 valence electrons. The number of hydrogen-bond donors (Lipinski definition) is 2. The van der Waals surface area contributed by atoms with Crippen molar-refractivity contribution in [2.24, 2.45) is 0 Å². The van der Waals surface area contributed by atoms with E-state index in [-0.39, 0.29) is 5.91 Å². The second-order valence-electron chi connectivity index (χ2n) is 6.49. The molecule has 0 saturated heterocycles. The molecule has 1 atom stereocenters. The molecule has 7 heteroatoms. The number of nitrogens with zero attached hydrogens (tertiary/aromatic N) is 1. The van der Waals surface area contributed by atoms with Crippen molar-refractivity contribution in [3.05, 3.63) is 83.2 Å². The number of fused-ring (bicyclic) bond motifs is 1. The van der Waals surface area contributed by atoms with Crippen LogP contribution in [-0.2, 0) is 4.79 Å². The van der Waals surface area contributed by atoms with Gasteiger partial charge < -0.3 is 5.32 Å². The number of benzene rings is 3. The molecule has 0 aliphatic heterocycles. The number of hydrogen-bond acceptors (Lipinski definition) is 4. The van der Waals surface area contributed by atoms with E-state index in [9.17, 15) is 9.59 Å². The summed E-state index contributed by atoms with van der Waals surface area (Å²) >= 11 is 1.19. The summed E-state index contributed by atoms with van der Waals surface area (Å²) in [5.41, 5.74) is 1.00. The SMILES string of the molecule is CCC(Sc1c(=O)o[nH][n+]1-c1ccccc1)C(=O)Nc1cccc2ccccc12. The first-order valence-corrected chi connectivity index (χ1v) is 10.2. The highest BCUT2D eigenvalue weighted by Gasteiger charge is 2.30. The first kappa shape index (κ1) is 19.0. The number of para-hydroxylation sites is 1. The Kier molecular flexibility index (Phi) is 5.48. The van der Waals surface area contributed by atoms with Crippen LogP contribution in [0.5, 0.6) is 0 Å². The molecule has 1 heterocycles. The van der Waals surface area contributed by atoms with Gasteiger partial charge in [0.15, 0.2) is 0 Å². The van der Waals surface area contributed by atoms with Crippen molar-refractivity contribution in [2.45, 2.75) is 23.6 Å². The maximum Gasteiger partial charge on any atom is 0.442 e. The van der Waals surface area contributed by atoms with Gasteiger partial charge in [-0.05, 0) is 39.6 Å². The molecule has 4 aromatic rings. The molecule has 0 radical (unpaired) electrons. The number of thioether (sulfide) groups is 1. The molecule has 0 aliphatic rings. The topological polar surface area (TPSA) is 79.0 Å². The average Bonchev–Trinajstić information content (AvgIpc) is 3.13. The standard InChI is InChI=1S/C22H19N3O3S/c1-2-19(20(26)23-18-14-8-10-15-9-6-7-13-17(15)18)29-21-22(27)28-24-25(21)16-11-4-3-5-12-16/h3-14,19H,2H2,1H3,(H-,23,24,26,27)/p+1. The highest BCUT2D eigenvalue weighted by molar-refractivity contribution is 8.00. The third kappa shape index (κ3) is 3.95. The quantitative estimate of drug-likeness (QED) is 0.376. The van der Waals surface area contributed by atoms with Crippen molar-refractivity contribution in [3.8, 4) is 5.69 Å². The van der Waals surface area contributed by atoms with Gasteiger partial charge >= 0.3 is 10.7 Å². The number of aromatic nitrogens is 2. The molecule has 1 amide bonds. The molecule has 0 saturated carbocycles. The summed E-state index contributed by atoms with van der Waals surface area (Å²) in [6.07, 6.45) is 0.556. The molecule has 0 fully saturated rings. The van der Waals surface area contributed by atoms with Crippen LogP contribution in [0.2, 0.25) is 0 Å². The van der Waals surface area contributed by atoms with Gasteiger partial charge in [0.25, 0.3) is 0 Å². The number of amides is 1. The maximum atomic E-state index is 13.0. The van der Waals surface area contributed by atoms with Crippen LogP contribution in [0.15, 0.2) is 87.1 Å². The van der Waals surface area contributed by atoms with Crippen LogP contribution in [0, 0.1) is 0 Å². The zero-order valence-corrected chi connectivity index (χ0v) is 16.6. The summed E-state index contributed by atoms with van der Waals surface area (Å²) in [7, 11) is 0. The Morgan fingerprint density at radius 1 is 1.07 bits per heavy atom. The van der Waals surface area contributed by atoms with Crippen LogP contribution in [0.25, 0.3) is 16.5 Å². The minimum absolute atomic E-state index is 0.158. The number of nitrogens with one attached hydrogen (secondary N) is 2. The van der Waals surface area contributed by atoms with Gasteiger partial charge in [0, 0.05) is 23.2 Å². The summed E-state index contributed by atoms with van der Waals surface area (Å²) in [4.78, 5) is 25.2. The lowest BCUT2D eigenvalue weighted by Crippen LogP contribution is -2.37. The molecule has 6 nitrogen and oxygen atoms in total. The Morgan fingerprint density at radius 3 is 2.59 bits per heavy atom. The van der Waals surface area contributed by atoms with Crippen LogP contribution in [-0.4, -0.2) is 16.4 Å². The molecule has 2 N–H and O–H groups in total. The minimum atomic E-state index is -0.504. The zero-order valence-electron chi connectivity index (χ0n) is 15.8. The summed E-state index contributed by atoms with van der Waals surface area (Å²) in [6, 6.07) is 23.0. The minimum Gasteiger partial charge on any atom is -0.325 e. The third-order valence-electron chi connectivity index (χ3n) is 4.59. The predicted octanol–water partition coefficient (Wildman–Crippen LogP) is 3.91. The second kappa shape index (κ2) is 8.36. The van der Waals surface area contributed by atoms with Gasteiger partial charge in [-0.1, -0.05) is 61.5 Å². The van der Waals surface area contributed by atoms with E-state index in [0.29, 0.717) is 11.4 Å². The number of carbonyl (C=O) groups excluding carboxylic acids is 1. The lowest BCUT2D eigenvalue weighted by molar-refractivity contribution is -0.704. The molecule has 0 spiro atoms. The monoisotopic (exact) mass is 406 g/mol. The molecule has 0 aliphatic carbocycles. The van der Waals surface area contributed by atoms with Gasteiger partial charge in [0.1, 0.15) is 0 Å². The number of anilines is 1. The highest BCUT2D eigenvalue weighted by atomic mass is 32.2. The van der Waals surface area contributed by atoms with E-state index in [1.165, 1.54) is 11.8 Å². The third-order valence-corrected chi connectivity index (χ3v) is 5.99. The molecular formula is C22H20N3O3S+. The van der Waals surface area contributed by atoms with E-state index in [4.69, 9.17) is 4.52 Å². The van der Waals surface area contributed by atoms with Crippen molar-refractivity contribution in [2.75, 3.05) is 5.32 Å². The van der Waals surface area contributed by atoms with E-state index in [1.807, 2.05) is 79.7 Å². The first-order valence-electron chi connectivity index (χ1n) is 9.31. The van der Waals surface area contributed by atoms with E-state index in [0.717, 1.165) is 22.1 Å². The summed E-state index contributed by atoms with van der Waals surface area (Å²) < 4.78 is 6.54. The van der Waals surface area contributed by atoms with Crippen LogP contribution < -0.4 is 15.6 Å². The van der Waals surface area contributed by atoms with E-state index in [1.54, 1.807) is 4.68 Å². The fourth-order valence-corrected chi connectivity index (χ4v) is 4.10. The smallest absolute Gasteiger partial charge is 0.325 e. The molecular weight excluding hydrogens is 386 g/mol. The average molecular weight is 406 g/mol. The Balaban J connectivity index is 1.60. The summed E-state index contributed by atoms with van der Waals surface area (Å²) in [5.74, 6) is -0.158. The van der Waals surface area contributed by atoms with Gasteiger partial charge in [-0.25, -0.2) is 4.79 Å². The Hall–Kier alpha value is -3.32. The Labute approximate surface area is 171 Å². The highest BCUT2D eigenvalue weighted by Crippen LogP contribution is 2.26. The lowest BCUT2D eigenvalue weighted by Gasteiger charge is -2.13. The predicted molar refractivity (Wildman–Crippen MR) is 113 cm³/mol. The van der Waals surface area contributed by atoms with Crippen LogP contribution in [0.4, 0.5) is 5.69 Å². The van der Waals surface area contributed by atoms with Crippen LogP contribution in [0.1, 0.15) is 13.3 Å². The lowest BCUT2D eigenvalue weighted by atomic mass is 10.1. The Bertz CT molecular complexity index is 1200. The normalized spacial score (nSPS) is 12.0. The molecule has 1 unspecified atom stereocenters. The first-order chi connectivity index (χ1) is 14.2. The largest absolute Gasteiger partial charge is 0.442 e. The fraction of sp³-hybridized carbons (Fsp3) is 0.136. The number of H-pyrrole nitrogens is 1. The van der Waals surface area contributed by atoms with Crippen LogP contribution in [0.3, 0.4) is 0 Å². The van der Waals surface area contributed by atoms with E-state index >= 15 is 0 Å². The van der Waals surface area contributed by atoms with Crippen molar-refractivity contribution in [3.63, 3.8) is 0 Å². The zero-order chi connectivity index (χ0) is 20.2. The van der Waals surface area contributed by atoms with Crippen molar-refractivity contribution >= 4 is 34.1 Å². The summed E-state index contributed by atoms with van der Waals surface area (Å²) in [6.45, 7) is 1.92. The molecule has 29 heavy (non-hydrogen) atoms. The number of rotatable bonds is 6. The van der Waals surface area contributed by atoms with Gasteiger partial charge in [0.2, 0.25) is 11.6 Å². The molecule has 4 rings (SSSR count). The molecule has 1 aromatic heterocycles. The Morgan fingerprint density at radius 2 is 1.79 bits per heavy atom. The van der Waals surface area contributed by atoms with Gasteiger partial charge in [0.05, 0.1) is 5.25 Å². The van der Waals surface area contributed by atoms with Crippen molar-refractivity contribution in [1.29, 1.82) is 0 Å². The van der Waals surface area contributed by atoms with Crippen LogP contribution >= 0.6 is 11.8 Å². The van der Waals surface area contributed by atoms with E-state index < -0.39 is 10.9 Å². The molecule has 0 bridgehead atoms. The summed E-state index contributed by atoms with van der Waals surface area (Å²) in [5, 5.41) is 7.53. The second-order valence-corrected chi connectivity index (χ2v) is 7.68. The van der Waals surface area contributed by atoms with Gasteiger partial charge in [-0.15, -0.1) is 0 Å². The van der Waals surface area contributed by atoms with Crippen molar-refractivity contribution < 1.29 is 14.0 Å². The van der Waals surface area contributed by atoms with Gasteiger partial charge in [-0.3, -0.25) is 9.32 Å². The fourth-order valence-electron chi connectivity index (χ4n) is 3.12. The maximum absolute atomic E-state index is 13.0. The van der Waals surface area contributed by atoms with E-state index in [2.05, 4.69) is 10.6 Å². The number of carbonyl (C=O) groups is 1. The molecule has 3 aromatic carbocycles.